The van der Waals surface area contributed by atoms with Gasteiger partial charge in [-0.05, 0) is 24.2 Å². The lowest BCUT2D eigenvalue weighted by molar-refractivity contribution is 0.0515. The highest BCUT2D eigenvalue weighted by atomic mass is 16.1. The number of nitrogens with one attached hydrogen (secondary N) is 1. The molecule has 1 aliphatic carbocycles. The molecule has 3 rings (SSSR count). The molecule has 94 valence electrons. The van der Waals surface area contributed by atoms with Gasteiger partial charge in [-0.25, -0.2) is 9.89 Å². The summed E-state index contributed by atoms with van der Waals surface area (Å²) in [5, 5.41) is 6.59. The molecule has 2 aliphatic rings. The number of H-pyrrole nitrogens is 1. The number of rotatable bonds is 2. The maximum Gasteiger partial charge on any atom is 0.343 e. The van der Waals surface area contributed by atoms with Crippen LogP contribution in [0.4, 0.5) is 0 Å². The predicted molar refractivity (Wildman–Crippen MR) is 64.6 cm³/mol. The fraction of sp³-hybridized carbons (Fsp3) is 0.833. The Kier molecular flexibility index (Phi) is 2.40. The van der Waals surface area contributed by atoms with Crippen LogP contribution in [-0.2, 0) is 13.1 Å². The molecule has 17 heavy (non-hydrogen) atoms. The third kappa shape index (κ3) is 2.04. The monoisotopic (exact) mass is 236 g/mol. The first kappa shape index (κ1) is 11.0. The molecule has 0 radical (unpaired) electrons. The zero-order valence-corrected chi connectivity index (χ0v) is 10.6. The van der Waals surface area contributed by atoms with Gasteiger partial charge in [-0.3, -0.25) is 9.47 Å². The Balaban J connectivity index is 1.60. The quantitative estimate of drug-likeness (QED) is 0.827. The van der Waals surface area contributed by atoms with E-state index in [2.05, 4.69) is 28.9 Å². The fourth-order valence-corrected chi connectivity index (χ4v) is 3.38. The number of hydrogen-bond acceptors (Lipinski definition) is 3. The molecule has 1 aromatic heterocycles. The minimum Gasteiger partial charge on any atom is -0.294 e. The Bertz CT molecular complexity index is 465. The van der Waals surface area contributed by atoms with Crippen molar-refractivity contribution in [3.05, 3.63) is 16.3 Å². The molecular formula is C12H20N4O. The van der Waals surface area contributed by atoms with Gasteiger partial charge in [0, 0.05) is 19.6 Å². The van der Waals surface area contributed by atoms with Crippen molar-refractivity contribution < 1.29 is 0 Å². The summed E-state index contributed by atoms with van der Waals surface area (Å²) >= 11 is 0. The Morgan fingerprint density at radius 2 is 2.18 bits per heavy atom. The molecule has 0 aromatic carbocycles. The summed E-state index contributed by atoms with van der Waals surface area (Å²) in [4.78, 5) is 13.8. The van der Waals surface area contributed by atoms with Crippen LogP contribution in [0.25, 0.3) is 0 Å². The van der Waals surface area contributed by atoms with Crippen molar-refractivity contribution in [3.63, 3.8) is 0 Å². The summed E-state index contributed by atoms with van der Waals surface area (Å²) in [5.74, 6) is 1.72. The van der Waals surface area contributed by atoms with Crippen LogP contribution in [-0.4, -0.2) is 32.8 Å². The predicted octanol–water partition coefficient (Wildman–Crippen LogP) is 0.823. The molecule has 1 fully saturated rings. The molecule has 1 aromatic rings. The lowest BCUT2D eigenvalue weighted by Gasteiger charge is -2.45. The summed E-state index contributed by atoms with van der Waals surface area (Å²) in [6.45, 7) is 8.40. The van der Waals surface area contributed by atoms with Gasteiger partial charge in [-0.15, -0.1) is 0 Å². The second-order valence-electron chi connectivity index (χ2n) is 6.27. The van der Waals surface area contributed by atoms with E-state index in [0.717, 1.165) is 37.9 Å². The number of aromatic amines is 1. The summed E-state index contributed by atoms with van der Waals surface area (Å²) < 4.78 is 1.75. The van der Waals surface area contributed by atoms with E-state index in [0.29, 0.717) is 5.41 Å². The zero-order valence-electron chi connectivity index (χ0n) is 10.6. The van der Waals surface area contributed by atoms with Crippen LogP contribution in [0.5, 0.6) is 0 Å². The normalized spacial score (nSPS) is 24.4. The van der Waals surface area contributed by atoms with E-state index in [9.17, 15) is 4.79 Å². The molecule has 2 heterocycles. The van der Waals surface area contributed by atoms with Crippen molar-refractivity contribution >= 4 is 0 Å². The fourth-order valence-electron chi connectivity index (χ4n) is 3.38. The van der Waals surface area contributed by atoms with Crippen LogP contribution in [0, 0.1) is 11.3 Å². The van der Waals surface area contributed by atoms with E-state index >= 15 is 0 Å². The van der Waals surface area contributed by atoms with Crippen molar-refractivity contribution in [1.82, 2.24) is 19.7 Å². The first-order valence-corrected chi connectivity index (χ1v) is 6.40. The van der Waals surface area contributed by atoms with Gasteiger partial charge in [0.15, 0.2) is 0 Å². The number of fused-ring (bicyclic) bond motifs is 1. The second-order valence-corrected chi connectivity index (χ2v) is 6.27. The Morgan fingerprint density at radius 3 is 2.88 bits per heavy atom. The lowest BCUT2D eigenvalue weighted by atomic mass is 9.64. The average Bonchev–Trinajstić information content (AvgIpc) is 2.57. The van der Waals surface area contributed by atoms with Crippen molar-refractivity contribution in [2.24, 2.45) is 11.3 Å². The maximum atomic E-state index is 11.4. The summed E-state index contributed by atoms with van der Waals surface area (Å²) in [7, 11) is 0. The van der Waals surface area contributed by atoms with Crippen LogP contribution in [0.2, 0.25) is 0 Å². The van der Waals surface area contributed by atoms with Crippen molar-refractivity contribution in [3.8, 4) is 0 Å². The average molecular weight is 236 g/mol. The van der Waals surface area contributed by atoms with E-state index in [4.69, 9.17) is 0 Å². The van der Waals surface area contributed by atoms with Crippen molar-refractivity contribution in [2.75, 3.05) is 13.1 Å². The van der Waals surface area contributed by atoms with E-state index in [1.807, 2.05) is 0 Å². The SMILES string of the molecule is CC1(C)CC(CN2CCn3c(n[nH]c3=O)C2)C1. The minimum absolute atomic E-state index is 0.0653. The Labute approximate surface area is 101 Å². The third-order valence-corrected chi connectivity index (χ3v) is 4.04. The second kappa shape index (κ2) is 3.70. The highest BCUT2D eigenvalue weighted by Gasteiger charge is 2.37. The topological polar surface area (TPSA) is 53.9 Å². The van der Waals surface area contributed by atoms with Crippen molar-refractivity contribution in [1.29, 1.82) is 0 Å². The van der Waals surface area contributed by atoms with Gasteiger partial charge >= 0.3 is 5.69 Å². The number of hydrogen-bond donors (Lipinski definition) is 1. The molecule has 0 unspecified atom stereocenters. The number of aromatic nitrogens is 3. The molecule has 1 saturated carbocycles. The minimum atomic E-state index is -0.0653. The van der Waals surface area contributed by atoms with Gasteiger partial charge in [-0.2, -0.15) is 5.10 Å². The van der Waals surface area contributed by atoms with Gasteiger partial charge in [0.05, 0.1) is 6.54 Å². The summed E-state index contributed by atoms with van der Waals surface area (Å²) in [6, 6.07) is 0. The van der Waals surface area contributed by atoms with E-state index in [1.165, 1.54) is 12.8 Å². The van der Waals surface area contributed by atoms with E-state index in [1.54, 1.807) is 4.57 Å². The number of nitrogens with zero attached hydrogens (tertiary/aromatic N) is 3. The largest absolute Gasteiger partial charge is 0.343 e. The van der Waals surface area contributed by atoms with Crippen LogP contribution in [0.1, 0.15) is 32.5 Å². The molecule has 0 amide bonds. The molecule has 0 bridgehead atoms. The Morgan fingerprint density at radius 1 is 1.41 bits per heavy atom. The summed E-state index contributed by atoms with van der Waals surface area (Å²) in [6.07, 6.45) is 2.66. The summed E-state index contributed by atoms with van der Waals surface area (Å²) in [5.41, 5.74) is 0.485. The first-order chi connectivity index (χ1) is 8.03. The van der Waals surface area contributed by atoms with Gasteiger partial charge in [0.2, 0.25) is 0 Å². The highest BCUT2D eigenvalue weighted by Crippen LogP contribution is 2.45. The molecule has 1 aliphatic heterocycles. The molecule has 0 saturated heterocycles. The highest BCUT2D eigenvalue weighted by molar-refractivity contribution is 4.93. The lowest BCUT2D eigenvalue weighted by Crippen LogP contribution is -2.44. The van der Waals surface area contributed by atoms with Crippen LogP contribution < -0.4 is 5.69 Å². The van der Waals surface area contributed by atoms with Crippen LogP contribution in [0.15, 0.2) is 4.79 Å². The van der Waals surface area contributed by atoms with E-state index in [-0.39, 0.29) is 5.69 Å². The first-order valence-electron chi connectivity index (χ1n) is 6.40. The van der Waals surface area contributed by atoms with Gasteiger partial charge in [0.25, 0.3) is 0 Å². The third-order valence-electron chi connectivity index (χ3n) is 4.04. The van der Waals surface area contributed by atoms with Gasteiger partial charge in [-0.1, -0.05) is 13.8 Å². The molecule has 0 spiro atoms. The molecular weight excluding hydrogens is 216 g/mol. The van der Waals surface area contributed by atoms with Crippen LogP contribution in [0.3, 0.4) is 0 Å². The zero-order chi connectivity index (χ0) is 12.0. The van der Waals surface area contributed by atoms with E-state index < -0.39 is 0 Å². The Hall–Kier alpha value is -1.10. The van der Waals surface area contributed by atoms with Crippen LogP contribution >= 0.6 is 0 Å². The van der Waals surface area contributed by atoms with Gasteiger partial charge < -0.3 is 0 Å². The standard InChI is InChI=1S/C12H20N4O/c1-12(2)5-9(6-12)7-15-3-4-16-10(8-15)13-14-11(16)17/h9H,3-8H2,1-2H3,(H,14,17). The molecule has 1 N–H and O–H groups in total. The van der Waals surface area contributed by atoms with Gasteiger partial charge in [0.1, 0.15) is 5.82 Å². The molecule has 5 heteroatoms. The maximum absolute atomic E-state index is 11.4. The molecule has 0 atom stereocenters. The van der Waals surface area contributed by atoms with Crippen molar-refractivity contribution in [2.45, 2.75) is 39.8 Å². The molecule has 5 nitrogen and oxygen atoms in total. The smallest absolute Gasteiger partial charge is 0.294 e.